The van der Waals surface area contributed by atoms with E-state index in [4.69, 9.17) is 20.6 Å². The van der Waals surface area contributed by atoms with Crippen LogP contribution in [0.2, 0.25) is 0 Å². The molecule has 0 radical (unpaired) electrons. The molecule has 0 saturated carbocycles. The van der Waals surface area contributed by atoms with Crippen LogP contribution in [-0.2, 0) is 0 Å². The van der Waals surface area contributed by atoms with Crippen LogP contribution in [0.1, 0.15) is 30.9 Å². The summed E-state index contributed by atoms with van der Waals surface area (Å²) in [6.45, 7) is 4.26. The Hall–Kier alpha value is -2.49. The molecule has 0 amide bonds. The van der Waals surface area contributed by atoms with Gasteiger partial charge in [-0.15, -0.1) is 0 Å². The van der Waals surface area contributed by atoms with Gasteiger partial charge in [0.05, 0.1) is 12.7 Å². The lowest BCUT2D eigenvalue weighted by atomic mass is 10.0. The van der Waals surface area contributed by atoms with Crippen LogP contribution < -0.4 is 15.2 Å². The van der Waals surface area contributed by atoms with E-state index in [0.717, 1.165) is 5.75 Å². The quantitative estimate of drug-likeness (QED) is 0.646. The number of rotatable bonds is 5. The summed E-state index contributed by atoms with van der Waals surface area (Å²) in [5, 5.41) is 7.64. The average Bonchev–Trinajstić information content (AvgIpc) is 2.47. The number of nitrogens with two attached hydrogens (primary N) is 1. The number of nitrogen functional groups attached to an aromatic ring is 1. The second-order valence-corrected chi connectivity index (χ2v) is 5.11. The highest BCUT2D eigenvalue weighted by Crippen LogP contribution is 2.30. The smallest absolute Gasteiger partial charge is 0.142 e. The maximum atomic E-state index is 7.64. The number of ether oxygens (including phenoxy) is 2. The predicted octanol–water partition coefficient (Wildman–Crippen LogP) is 3.89. The summed E-state index contributed by atoms with van der Waals surface area (Å²) in [4.78, 5) is 0. The fourth-order valence-electron chi connectivity index (χ4n) is 2.00. The molecule has 2 aromatic carbocycles. The summed E-state index contributed by atoms with van der Waals surface area (Å²) in [6, 6.07) is 13.1. The number of amidine groups is 1. The van der Waals surface area contributed by atoms with Crippen molar-refractivity contribution in [3.8, 4) is 17.2 Å². The number of methoxy groups -OCH3 is 1. The van der Waals surface area contributed by atoms with Crippen molar-refractivity contribution in [3.05, 3.63) is 53.6 Å². The highest BCUT2D eigenvalue weighted by molar-refractivity contribution is 5.97. The Balaban J connectivity index is 2.38. The molecule has 0 fully saturated rings. The van der Waals surface area contributed by atoms with E-state index >= 15 is 0 Å². The molecule has 0 aliphatic carbocycles. The molecule has 3 N–H and O–H groups in total. The fourth-order valence-corrected chi connectivity index (χ4v) is 2.00. The van der Waals surface area contributed by atoms with Crippen LogP contribution in [0.3, 0.4) is 0 Å². The van der Waals surface area contributed by atoms with E-state index < -0.39 is 0 Å². The Labute approximate surface area is 125 Å². The minimum absolute atomic E-state index is 0.0346. The molecule has 4 heteroatoms. The van der Waals surface area contributed by atoms with Gasteiger partial charge in [0.1, 0.15) is 23.1 Å². The molecule has 0 aliphatic heterocycles. The maximum Gasteiger partial charge on any atom is 0.142 e. The lowest BCUT2D eigenvalue weighted by Crippen LogP contribution is -2.12. The molecule has 0 atom stereocenters. The van der Waals surface area contributed by atoms with Crippen LogP contribution in [0.15, 0.2) is 42.5 Å². The van der Waals surface area contributed by atoms with Crippen molar-refractivity contribution in [1.82, 2.24) is 0 Å². The van der Waals surface area contributed by atoms with E-state index in [-0.39, 0.29) is 5.84 Å². The number of benzene rings is 2. The molecule has 0 aromatic heterocycles. The van der Waals surface area contributed by atoms with Gasteiger partial charge in [-0.2, -0.15) is 0 Å². The Morgan fingerprint density at radius 1 is 1.10 bits per heavy atom. The van der Waals surface area contributed by atoms with Crippen molar-refractivity contribution >= 4 is 5.84 Å². The summed E-state index contributed by atoms with van der Waals surface area (Å²) in [6.07, 6.45) is 0. The second-order valence-electron chi connectivity index (χ2n) is 5.11. The largest absolute Gasteiger partial charge is 0.497 e. The fraction of sp³-hybridized carbons (Fsp3) is 0.235. The SMILES string of the molecule is COc1ccc(C(=N)N)c(Oc2cccc(C(C)C)c2)c1. The van der Waals surface area contributed by atoms with Gasteiger partial charge in [-0.05, 0) is 35.7 Å². The average molecular weight is 284 g/mol. The first-order valence-corrected chi connectivity index (χ1v) is 6.81. The van der Waals surface area contributed by atoms with Gasteiger partial charge in [0.2, 0.25) is 0 Å². The third kappa shape index (κ3) is 3.54. The summed E-state index contributed by atoms with van der Waals surface area (Å²) in [5.74, 6) is 2.29. The molecule has 0 spiro atoms. The third-order valence-electron chi connectivity index (χ3n) is 3.23. The summed E-state index contributed by atoms with van der Waals surface area (Å²) < 4.78 is 11.1. The van der Waals surface area contributed by atoms with Gasteiger partial charge in [0, 0.05) is 6.07 Å². The van der Waals surface area contributed by atoms with Crippen molar-refractivity contribution in [2.75, 3.05) is 7.11 Å². The lowest BCUT2D eigenvalue weighted by molar-refractivity contribution is 0.409. The monoisotopic (exact) mass is 284 g/mol. The highest BCUT2D eigenvalue weighted by Gasteiger charge is 2.10. The molecule has 2 aromatic rings. The van der Waals surface area contributed by atoms with Gasteiger partial charge < -0.3 is 15.2 Å². The Morgan fingerprint density at radius 3 is 2.48 bits per heavy atom. The van der Waals surface area contributed by atoms with Gasteiger partial charge >= 0.3 is 0 Å². The van der Waals surface area contributed by atoms with Crippen molar-refractivity contribution < 1.29 is 9.47 Å². The van der Waals surface area contributed by atoms with Crippen LogP contribution >= 0.6 is 0 Å². The first-order valence-electron chi connectivity index (χ1n) is 6.81. The predicted molar refractivity (Wildman–Crippen MR) is 84.6 cm³/mol. The van der Waals surface area contributed by atoms with E-state index in [2.05, 4.69) is 19.9 Å². The molecule has 0 bridgehead atoms. The van der Waals surface area contributed by atoms with Crippen LogP contribution in [0, 0.1) is 5.41 Å². The van der Waals surface area contributed by atoms with E-state index in [1.165, 1.54) is 5.56 Å². The van der Waals surface area contributed by atoms with Crippen LogP contribution in [0.25, 0.3) is 0 Å². The molecular formula is C17H20N2O2. The molecule has 21 heavy (non-hydrogen) atoms. The normalized spacial score (nSPS) is 10.5. The minimum Gasteiger partial charge on any atom is -0.497 e. The zero-order valence-electron chi connectivity index (χ0n) is 12.5. The maximum absolute atomic E-state index is 7.64. The molecule has 0 aliphatic rings. The van der Waals surface area contributed by atoms with Crippen molar-refractivity contribution in [1.29, 1.82) is 5.41 Å². The molecule has 4 nitrogen and oxygen atoms in total. The minimum atomic E-state index is -0.0346. The first kappa shape index (κ1) is 14.9. The van der Waals surface area contributed by atoms with E-state index in [1.54, 1.807) is 25.3 Å². The van der Waals surface area contributed by atoms with Gasteiger partial charge in [-0.1, -0.05) is 26.0 Å². The zero-order chi connectivity index (χ0) is 15.4. The first-order chi connectivity index (χ1) is 10.0. The molecule has 110 valence electrons. The molecule has 0 heterocycles. The van der Waals surface area contributed by atoms with Gasteiger partial charge in [0.15, 0.2) is 0 Å². The van der Waals surface area contributed by atoms with E-state index in [1.807, 2.05) is 18.2 Å². The third-order valence-corrected chi connectivity index (χ3v) is 3.23. The lowest BCUT2D eigenvalue weighted by Gasteiger charge is -2.13. The number of nitrogens with one attached hydrogen (secondary N) is 1. The Bertz CT molecular complexity index is 651. The van der Waals surface area contributed by atoms with Crippen molar-refractivity contribution in [2.24, 2.45) is 5.73 Å². The molecule has 2 rings (SSSR count). The van der Waals surface area contributed by atoms with Crippen molar-refractivity contribution in [3.63, 3.8) is 0 Å². The van der Waals surface area contributed by atoms with Gasteiger partial charge in [-0.25, -0.2) is 0 Å². The molecule has 0 unspecified atom stereocenters. The second kappa shape index (κ2) is 6.31. The van der Waals surface area contributed by atoms with Crippen LogP contribution in [0.5, 0.6) is 17.2 Å². The Kier molecular flexibility index (Phi) is 4.48. The number of hydrogen-bond acceptors (Lipinski definition) is 3. The number of hydrogen-bond donors (Lipinski definition) is 2. The van der Waals surface area contributed by atoms with Gasteiger partial charge in [-0.3, -0.25) is 5.41 Å². The molecular weight excluding hydrogens is 264 g/mol. The summed E-state index contributed by atoms with van der Waals surface area (Å²) in [7, 11) is 1.59. The standard InChI is InChI=1S/C17H20N2O2/c1-11(2)12-5-4-6-14(9-12)21-16-10-13(20-3)7-8-15(16)17(18)19/h4-11H,1-3H3,(H3,18,19). The van der Waals surface area contributed by atoms with Crippen LogP contribution in [0.4, 0.5) is 0 Å². The van der Waals surface area contributed by atoms with E-state index in [0.29, 0.717) is 23.0 Å². The van der Waals surface area contributed by atoms with Crippen LogP contribution in [-0.4, -0.2) is 12.9 Å². The Morgan fingerprint density at radius 2 is 1.86 bits per heavy atom. The summed E-state index contributed by atoms with van der Waals surface area (Å²) >= 11 is 0. The highest BCUT2D eigenvalue weighted by atomic mass is 16.5. The van der Waals surface area contributed by atoms with Gasteiger partial charge in [0.25, 0.3) is 0 Å². The van der Waals surface area contributed by atoms with Crippen molar-refractivity contribution in [2.45, 2.75) is 19.8 Å². The zero-order valence-corrected chi connectivity index (χ0v) is 12.5. The topological polar surface area (TPSA) is 68.3 Å². The summed E-state index contributed by atoms with van der Waals surface area (Å²) in [5.41, 5.74) is 7.34. The van der Waals surface area contributed by atoms with E-state index in [9.17, 15) is 0 Å². The molecule has 0 saturated heterocycles.